The summed E-state index contributed by atoms with van der Waals surface area (Å²) < 4.78 is 24.1. The number of piperazine rings is 1. The van der Waals surface area contributed by atoms with Gasteiger partial charge in [-0.15, -0.1) is 0 Å². The van der Waals surface area contributed by atoms with Gasteiger partial charge in [0, 0.05) is 45.3 Å². The summed E-state index contributed by atoms with van der Waals surface area (Å²) >= 11 is 0. The minimum absolute atomic E-state index is 0.0688. The predicted molar refractivity (Wildman–Crippen MR) is 98.2 cm³/mol. The summed E-state index contributed by atoms with van der Waals surface area (Å²) in [6.45, 7) is 5.82. The van der Waals surface area contributed by atoms with Crippen molar-refractivity contribution in [2.75, 3.05) is 39.3 Å². The fourth-order valence-electron chi connectivity index (χ4n) is 3.68. The first kappa shape index (κ1) is 18.0. The average Bonchev–Trinajstić information content (AvgIpc) is 3.38. The first-order valence-corrected chi connectivity index (χ1v) is 9.40. The number of halogens is 1. The Labute approximate surface area is 157 Å². The van der Waals surface area contributed by atoms with Crippen molar-refractivity contribution in [3.8, 4) is 5.75 Å². The molecule has 1 unspecified atom stereocenters. The molecular formula is C20H24FN3O3. The van der Waals surface area contributed by atoms with E-state index in [-0.39, 0.29) is 18.3 Å². The van der Waals surface area contributed by atoms with Crippen LogP contribution in [0, 0.1) is 5.82 Å². The molecule has 4 rings (SSSR count). The fourth-order valence-corrected chi connectivity index (χ4v) is 3.68. The zero-order chi connectivity index (χ0) is 18.6. The Morgan fingerprint density at radius 3 is 2.70 bits per heavy atom. The first-order chi connectivity index (χ1) is 13.2. The Balaban J connectivity index is 1.31. The molecule has 2 aliphatic rings. The molecule has 0 spiro atoms. The van der Waals surface area contributed by atoms with Crippen LogP contribution in [0.15, 0.2) is 40.8 Å². The molecule has 1 aromatic heterocycles. The van der Waals surface area contributed by atoms with Crippen LogP contribution in [0.3, 0.4) is 0 Å². The van der Waals surface area contributed by atoms with Crippen molar-refractivity contribution >= 4 is 5.91 Å². The average molecular weight is 373 g/mol. The maximum absolute atomic E-state index is 12.9. The molecule has 2 saturated heterocycles. The normalized spacial score (nSPS) is 20.8. The van der Waals surface area contributed by atoms with Crippen LogP contribution < -0.4 is 10.1 Å². The second-order valence-corrected chi connectivity index (χ2v) is 6.99. The lowest BCUT2D eigenvalue weighted by Crippen LogP contribution is -2.49. The van der Waals surface area contributed by atoms with Gasteiger partial charge in [0.15, 0.2) is 5.76 Å². The van der Waals surface area contributed by atoms with Gasteiger partial charge >= 0.3 is 0 Å². The van der Waals surface area contributed by atoms with Crippen LogP contribution in [-0.2, 0) is 6.61 Å². The monoisotopic (exact) mass is 373 g/mol. The summed E-state index contributed by atoms with van der Waals surface area (Å²) in [7, 11) is 0. The lowest BCUT2D eigenvalue weighted by Gasteiger charge is -2.32. The van der Waals surface area contributed by atoms with Crippen LogP contribution in [0.2, 0.25) is 0 Å². The molecule has 1 amide bonds. The lowest BCUT2D eigenvalue weighted by molar-refractivity contribution is 0.0738. The Kier molecular flexibility index (Phi) is 5.40. The van der Waals surface area contributed by atoms with Crippen molar-refractivity contribution in [2.45, 2.75) is 19.1 Å². The molecule has 2 fully saturated rings. The van der Waals surface area contributed by atoms with Crippen LogP contribution in [0.1, 0.15) is 22.7 Å². The number of hydrogen-bond acceptors (Lipinski definition) is 5. The van der Waals surface area contributed by atoms with Crippen molar-refractivity contribution in [3.05, 3.63) is 53.7 Å². The second-order valence-electron chi connectivity index (χ2n) is 6.99. The quantitative estimate of drug-likeness (QED) is 0.870. The van der Waals surface area contributed by atoms with Crippen LogP contribution in [0.4, 0.5) is 4.39 Å². The van der Waals surface area contributed by atoms with Gasteiger partial charge in [-0.3, -0.25) is 9.69 Å². The molecule has 0 saturated carbocycles. The number of ether oxygens (including phenoxy) is 1. The summed E-state index contributed by atoms with van der Waals surface area (Å²) in [4.78, 5) is 17.1. The fraction of sp³-hybridized carbons (Fsp3) is 0.450. The van der Waals surface area contributed by atoms with Crippen molar-refractivity contribution in [3.63, 3.8) is 0 Å². The van der Waals surface area contributed by atoms with Crippen molar-refractivity contribution < 1.29 is 18.3 Å². The van der Waals surface area contributed by atoms with E-state index in [4.69, 9.17) is 9.15 Å². The molecule has 2 aromatic rings. The number of likely N-dealkylation sites (tertiary alicyclic amines) is 1. The standard InChI is InChI=1S/C20H24FN3O3/c21-15-1-3-17(4-2-15)26-14-18-5-6-19(27-18)20(25)24-10-7-16(13-24)23-11-8-22-9-12-23/h1-6,16,22H,7-14H2. The number of furan rings is 1. The van der Waals surface area contributed by atoms with Gasteiger partial charge in [0.05, 0.1) is 0 Å². The highest BCUT2D eigenvalue weighted by Crippen LogP contribution is 2.20. The van der Waals surface area contributed by atoms with E-state index in [1.807, 2.05) is 4.90 Å². The Morgan fingerprint density at radius 2 is 1.93 bits per heavy atom. The zero-order valence-electron chi connectivity index (χ0n) is 15.2. The van der Waals surface area contributed by atoms with Crippen LogP contribution in [0.25, 0.3) is 0 Å². The molecular weight excluding hydrogens is 349 g/mol. The molecule has 0 radical (unpaired) electrons. The molecule has 3 heterocycles. The van der Waals surface area contributed by atoms with Crippen molar-refractivity contribution in [2.24, 2.45) is 0 Å². The number of nitrogens with one attached hydrogen (secondary N) is 1. The number of hydrogen-bond donors (Lipinski definition) is 1. The Morgan fingerprint density at radius 1 is 1.15 bits per heavy atom. The van der Waals surface area contributed by atoms with E-state index in [9.17, 15) is 9.18 Å². The predicted octanol–water partition coefficient (Wildman–Crippen LogP) is 2.12. The Hall–Kier alpha value is -2.38. The number of amides is 1. The van der Waals surface area contributed by atoms with Crippen LogP contribution in [-0.4, -0.2) is 61.0 Å². The molecule has 1 aromatic carbocycles. The third kappa shape index (κ3) is 4.31. The summed E-state index contributed by atoms with van der Waals surface area (Å²) in [6, 6.07) is 9.69. The van der Waals surface area contributed by atoms with E-state index >= 15 is 0 Å². The van der Waals surface area contributed by atoms with Gasteiger partial charge in [-0.25, -0.2) is 4.39 Å². The zero-order valence-corrected chi connectivity index (χ0v) is 15.2. The topological polar surface area (TPSA) is 58.0 Å². The van der Waals surface area contributed by atoms with E-state index in [0.29, 0.717) is 23.3 Å². The van der Waals surface area contributed by atoms with E-state index in [1.54, 1.807) is 24.3 Å². The van der Waals surface area contributed by atoms with E-state index in [2.05, 4.69) is 10.2 Å². The highest BCUT2D eigenvalue weighted by Gasteiger charge is 2.32. The molecule has 2 aliphatic heterocycles. The summed E-state index contributed by atoms with van der Waals surface area (Å²) in [5.74, 6) is 1.09. The van der Waals surface area contributed by atoms with E-state index < -0.39 is 0 Å². The lowest BCUT2D eigenvalue weighted by atomic mass is 10.2. The molecule has 1 atom stereocenters. The molecule has 1 N–H and O–H groups in total. The van der Waals surface area contributed by atoms with Crippen LogP contribution in [0.5, 0.6) is 5.75 Å². The molecule has 0 bridgehead atoms. The van der Waals surface area contributed by atoms with Gasteiger partial charge in [-0.05, 0) is 42.8 Å². The third-order valence-corrected chi connectivity index (χ3v) is 5.19. The maximum atomic E-state index is 12.9. The highest BCUT2D eigenvalue weighted by molar-refractivity contribution is 5.91. The number of rotatable bonds is 5. The highest BCUT2D eigenvalue weighted by atomic mass is 19.1. The number of benzene rings is 1. The van der Waals surface area contributed by atoms with E-state index in [0.717, 1.165) is 45.7 Å². The van der Waals surface area contributed by atoms with E-state index in [1.165, 1.54) is 12.1 Å². The van der Waals surface area contributed by atoms with Crippen molar-refractivity contribution in [1.29, 1.82) is 0 Å². The molecule has 144 valence electrons. The minimum Gasteiger partial charge on any atom is -0.486 e. The van der Waals surface area contributed by atoms with Gasteiger partial charge in [0.1, 0.15) is 23.9 Å². The number of nitrogens with zero attached hydrogens (tertiary/aromatic N) is 2. The number of carbonyl (C=O) groups excluding carboxylic acids is 1. The van der Waals surface area contributed by atoms with Crippen LogP contribution >= 0.6 is 0 Å². The molecule has 0 aliphatic carbocycles. The SMILES string of the molecule is O=C(c1ccc(COc2ccc(F)cc2)o1)N1CCC(N2CCNCC2)C1. The summed E-state index contributed by atoms with van der Waals surface area (Å²) in [5, 5.41) is 3.36. The molecule has 6 nitrogen and oxygen atoms in total. The Bertz CT molecular complexity index is 771. The maximum Gasteiger partial charge on any atom is 0.289 e. The number of carbonyl (C=O) groups is 1. The molecule has 7 heteroatoms. The third-order valence-electron chi connectivity index (χ3n) is 5.19. The van der Waals surface area contributed by atoms with Gasteiger partial charge in [-0.1, -0.05) is 0 Å². The minimum atomic E-state index is -0.307. The van der Waals surface area contributed by atoms with Gasteiger partial charge < -0.3 is 19.4 Å². The summed E-state index contributed by atoms with van der Waals surface area (Å²) in [6.07, 6.45) is 1.01. The first-order valence-electron chi connectivity index (χ1n) is 9.40. The van der Waals surface area contributed by atoms with Gasteiger partial charge in [0.25, 0.3) is 5.91 Å². The largest absolute Gasteiger partial charge is 0.486 e. The van der Waals surface area contributed by atoms with Gasteiger partial charge in [-0.2, -0.15) is 0 Å². The summed E-state index contributed by atoms with van der Waals surface area (Å²) in [5.41, 5.74) is 0. The molecule has 27 heavy (non-hydrogen) atoms. The van der Waals surface area contributed by atoms with Crippen molar-refractivity contribution in [1.82, 2.24) is 15.1 Å². The van der Waals surface area contributed by atoms with Gasteiger partial charge in [0.2, 0.25) is 0 Å². The smallest absolute Gasteiger partial charge is 0.289 e. The second kappa shape index (κ2) is 8.10.